The summed E-state index contributed by atoms with van der Waals surface area (Å²) in [5.41, 5.74) is 1.75. The van der Waals surface area contributed by atoms with Crippen LogP contribution in [-0.2, 0) is 0 Å². The van der Waals surface area contributed by atoms with Gasteiger partial charge in [-0.1, -0.05) is 36.4 Å². The molecule has 1 aromatic rings. The largest absolute Gasteiger partial charge is 0.206 e. The van der Waals surface area contributed by atoms with E-state index >= 15 is 0 Å². The minimum absolute atomic E-state index is 0.206. The molecular weight excluding hydrogens is 175 g/mol. The number of halogens is 1. The number of allylic oxidation sites excluding steroid dienone is 2. The van der Waals surface area contributed by atoms with E-state index in [1.165, 1.54) is 0 Å². The van der Waals surface area contributed by atoms with Gasteiger partial charge in [-0.05, 0) is 31.6 Å². The smallest absolute Gasteiger partial charge is 0.133 e. The predicted octanol–water partition coefficient (Wildman–Crippen LogP) is 2.29. The first-order chi connectivity index (χ1) is 6.56. The van der Waals surface area contributed by atoms with Crippen LogP contribution in [0.5, 0.6) is 0 Å². The molecule has 0 bridgehead atoms. The Bertz CT molecular complexity index is 467. The van der Waals surface area contributed by atoms with Crippen molar-refractivity contribution in [2.45, 2.75) is 20.8 Å². The Kier molecular flexibility index (Phi) is 3.23. The molecule has 0 heterocycles. The number of aryl methyl sites for hydroxylation is 1. The fraction of sp³-hybridized carbons (Fsp3) is 0.231. The molecule has 0 amide bonds. The minimum Gasteiger partial charge on any atom is -0.206 e. The number of rotatable bonds is 1. The first kappa shape index (κ1) is 10.7. The van der Waals surface area contributed by atoms with E-state index in [1.807, 2.05) is 32.1 Å². The fourth-order valence-corrected chi connectivity index (χ4v) is 1.22. The average Bonchev–Trinajstić information content (AvgIpc) is 2.19. The summed E-state index contributed by atoms with van der Waals surface area (Å²) in [6, 6.07) is 3.67. The third-order valence-corrected chi connectivity index (χ3v) is 2.31. The second kappa shape index (κ2) is 4.23. The summed E-state index contributed by atoms with van der Waals surface area (Å²) in [6.07, 6.45) is 3.92. The standard InChI is InChI=1S/C13H15F/c1-5-9(2)8-12-7-6-10(3)13(14)11(12)4/h5-8H,4H2,1-3H3/b9-5-,12-8-. The highest BCUT2D eigenvalue weighted by molar-refractivity contribution is 5.45. The third kappa shape index (κ3) is 2.11. The molecule has 1 rings (SSSR count). The van der Waals surface area contributed by atoms with Crippen LogP contribution in [0.1, 0.15) is 19.4 Å². The third-order valence-electron chi connectivity index (χ3n) is 2.31. The highest BCUT2D eigenvalue weighted by Crippen LogP contribution is 1.97. The van der Waals surface area contributed by atoms with Gasteiger partial charge in [0.1, 0.15) is 5.82 Å². The van der Waals surface area contributed by atoms with Crippen LogP contribution >= 0.6 is 0 Å². The molecule has 0 saturated heterocycles. The number of benzene rings is 1. The average molecular weight is 190 g/mol. The van der Waals surface area contributed by atoms with E-state index in [4.69, 9.17) is 0 Å². The van der Waals surface area contributed by atoms with Gasteiger partial charge >= 0.3 is 0 Å². The first-order valence-corrected chi connectivity index (χ1v) is 4.65. The maximum Gasteiger partial charge on any atom is 0.133 e. The van der Waals surface area contributed by atoms with Crippen molar-refractivity contribution in [2.24, 2.45) is 0 Å². The van der Waals surface area contributed by atoms with E-state index in [1.54, 1.807) is 13.0 Å². The van der Waals surface area contributed by atoms with Crippen molar-refractivity contribution in [2.75, 3.05) is 0 Å². The molecule has 0 unspecified atom stereocenters. The van der Waals surface area contributed by atoms with Gasteiger partial charge in [0, 0.05) is 5.22 Å². The lowest BCUT2D eigenvalue weighted by molar-refractivity contribution is 0.608. The van der Waals surface area contributed by atoms with Gasteiger partial charge in [-0.25, -0.2) is 4.39 Å². The van der Waals surface area contributed by atoms with E-state index in [2.05, 4.69) is 6.58 Å². The zero-order valence-corrected chi connectivity index (χ0v) is 8.89. The van der Waals surface area contributed by atoms with Crippen LogP contribution in [0.3, 0.4) is 0 Å². The normalized spacial score (nSPS) is 13.4. The molecule has 0 nitrogen and oxygen atoms in total. The Morgan fingerprint density at radius 2 is 2.07 bits per heavy atom. The van der Waals surface area contributed by atoms with Crippen LogP contribution in [0.25, 0.3) is 12.7 Å². The van der Waals surface area contributed by atoms with Crippen molar-refractivity contribution in [1.82, 2.24) is 0 Å². The zero-order valence-electron chi connectivity index (χ0n) is 8.89. The van der Waals surface area contributed by atoms with Crippen molar-refractivity contribution in [3.05, 3.63) is 45.6 Å². The summed E-state index contributed by atoms with van der Waals surface area (Å²) < 4.78 is 13.4. The molecule has 14 heavy (non-hydrogen) atoms. The summed E-state index contributed by atoms with van der Waals surface area (Å²) in [4.78, 5) is 0. The van der Waals surface area contributed by atoms with Crippen LogP contribution in [0, 0.1) is 12.7 Å². The van der Waals surface area contributed by atoms with Crippen LogP contribution < -0.4 is 10.4 Å². The summed E-state index contributed by atoms with van der Waals surface area (Å²) in [7, 11) is 0. The summed E-state index contributed by atoms with van der Waals surface area (Å²) in [6.45, 7) is 9.42. The second-order valence-electron chi connectivity index (χ2n) is 3.44. The maximum atomic E-state index is 13.4. The maximum absolute atomic E-state index is 13.4. The molecule has 0 aliphatic carbocycles. The van der Waals surface area contributed by atoms with Crippen molar-refractivity contribution < 1.29 is 4.39 Å². The summed E-state index contributed by atoms with van der Waals surface area (Å²) in [5, 5.41) is 1.33. The van der Waals surface area contributed by atoms with E-state index in [0.29, 0.717) is 10.8 Å². The molecule has 74 valence electrons. The van der Waals surface area contributed by atoms with Crippen LogP contribution in [0.2, 0.25) is 0 Å². The topological polar surface area (TPSA) is 0 Å². The lowest BCUT2D eigenvalue weighted by Gasteiger charge is -1.97. The van der Waals surface area contributed by atoms with Crippen molar-refractivity contribution in [3.8, 4) is 0 Å². The van der Waals surface area contributed by atoms with Gasteiger partial charge in [0.2, 0.25) is 0 Å². The summed E-state index contributed by atoms with van der Waals surface area (Å²) in [5.74, 6) is -0.206. The molecule has 0 atom stereocenters. The molecule has 0 aromatic heterocycles. The molecule has 0 aliphatic heterocycles. The Hall–Kier alpha value is -1.37. The van der Waals surface area contributed by atoms with Crippen molar-refractivity contribution in [3.63, 3.8) is 0 Å². The van der Waals surface area contributed by atoms with Crippen LogP contribution in [0.4, 0.5) is 4.39 Å². The van der Waals surface area contributed by atoms with Gasteiger partial charge in [0.05, 0.1) is 0 Å². The Morgan fingerprint density at radius 3 is 2.64 bits per heavy atom. The quantitative estimate of drug-likeness (QED) is 0.637. The number of hydrogen-bond donors (Lipinski definition) is 0. The molecule has 0 saturated carbocycles. The van der Waals surface area contributed by atoms with E-state index in [-0.39, 0.29) is 5.82 Å². The SMILES string of the molecule is C=c1c(F)c(C)cc/c1=C/C(C)=C\C. The molecular formula is C13H15F. The predicted molar refractivity (Wildman–Crippen MR) is 59.8 cm³/mol. The Labute approximate surface area is 84.1 Å². The van der Waals surface area contributed by atoms with Gasteiger partial charge in [-0.2, -0.15) is 0 Å². The minimum atomic E-state index is -0.206. The van der Waals surface area contributed by atoms with Gasteiger partial charge in [0.15, 0.2) is 0 Å². The van der Waals surface area contributed by atoms with E-state index in [0.717, 1.165) is 10.8 Å². The van der Waals surface area contributed by atoms with Crippen molar-refractivity contribution in [1.29, 1.82) is 0 Å². The van der Waals surface area contributed by atoms with Gasteiger partial charge in [-0.15, -0.1) is 0 Å². The molecule has 0 fully saturated rings. The highest BCUT2D eigenvalue weighted by Gasteiger charge is 1.97. The lowest BCUT2D eigenvalue weighted by Crippen LogP contribution is -2.27. The fourth-order valence-electron chi connectivity index (χ4n) is 1.22. The highest BCUT2D eigenvalue weighted by atomic mass is 19.1. The summed E-state index contributed by atoms with van der Waals surface area (Å²) >= 11 is 0. The molecule has 1 heteroatoms. The number of hydrogen-bond acceptors (Lipinski definition) is 0. The van der Waals surface area contributed by atoms with E-state index in [9.17, 15) is 4.39 Å². The van der Waals surface area contributed by atoms with Gasteiger partial charge in [0.25, 0.3) is 0 Å². The molecule has 1 aromatic carbocycles. The van der Waals surface area contributed by atoms with Crippen molar-refractivity contribution >= 4 is 12.7 Å². The second-order valence-corrected chi connectivity index (χ2v) is 3.44. The van der Waals surface area contributed by atoms with E-state index < -0.39 is 0 Å². The Balaban J connectivity index is 3.47. The molecule has 0 radical (unpaired) electrons. The Morgan fingerprint density at radius 1 is 1.43 bits per heavy atom. The van der Waals surface area contributed by atoms with Gasteiger partial charge in [-0.3, -0.25) is 0 Å². The molecule has 0 spiro atoms. The monoisotopic (exact) mass is 190 g/mol. The van der Waals surface area contributed by atoms with Gasteiger partial charge < -0.3 is 0 Å². The first-order valence-electron chi connectivity index (χ1n) is 4.65. The lowest BCUT2D eigenvalue weighted by atomic mass is 10.1. The zero-order chi connectivity index (χ0) is 10.7. The molecule has 0 aliphatic rings. The molecule has 0 N–H and O–H groups in total. The van der Waals surface area contributed by atoms with Crippen LogP contribution in [0.15, 0.2) is 23.8 Å². The van der Waals surface area contributed by atoms with Crippen LogP contribution in [-0.4, -0.2) is 0 Å².